The Kier molecular flexibility index (Phi) is 6.95. The lowest BCUT2D eigenvalue weighted by atomic mass is 10.1. The second kappa shape index (κ2) is 9.18. The van der Waals surface area contributed by atoms with Gasteiger partial charge in [0.1, 0.15) is 0 Å². The van der Waals surface area contributed by atoms with Crippen LogP contribution in [-0.4, -0.2) is 37.0 Å². The van der Waals surface area contributed by atoms with Crippen molar-refractivity contribution in [3.05, 3.63) is 65.7 Å². The number of ether oxygens (including phenoxy) is 1. The highest BCUT2D eigenvalue weighted by molar-refractivity contribution is 5.93. The lowest BCUT2D eigenvalue weighted by molar-refractivity contribution is -0.142. The highest BCUT2D eigenvalue weighted by atomic mass is 19.4. The summed E-state index contributed by atoms with van der Waals surface area (Å²) in [5.41, 5.74) is -0.404. The number of halogens is 3. The Hall–Kier alpha value is -2.87. The minimum Gasteiger partial charge on any atom is -0.468 e. The third-order valence-corrected chi connectivity index (χ3v) is 3.70. The van der Waals surface area contributed by atoms with Gasteiger partial charge in [-0.3, -0.25) is 14.5 Å². The average molecular weight is 380 g/mol. The Morgan fingerprint density at radius 2 is 1.63 bits per heavy atom. The van der Waals surface area contributed by atoms with Crippen LogP contribution in [0.4, 0.5) is 18.9 Å². The fourth-order valence-electron chi connectivity index (χ4n) is 2.49. The van der Waals surface area contributed by atoms with E-state index >= 15 is 0 Å². The van der Waals surface area contributed by atoms with Crippen LogP contribution in [0.25, 0.3) is 0 Å². The zero-order valence-corrected chi connectivity index (χ0v) is 14.6. The van der Waals surface area contributed by atoms with Crippen molar-refractivity contribution in [3.63, 3.8) is 0 Å². The van der Waals surface area contributed by atoms with Gasteiger partial charge in [0.2, 0.25) is 5.91 Å². The Labute approximate surface area is 154 Å². The first-order valence-corrected chi connectivity index (χ1v) is 8.08. The molecule has 1 N–H and O–H groups in total. The Bertz CT molecular complexity index is 779. The van der Waals surface area contributed by atoms with Crippen LogP contribution in [0.5, 0.6) is 0 Å². The molecule has 0 aliphatic heterocycles. The molecule has 0 unspecified atom stereocenters. The van der Waals surface area contributed by atoms with Gasteiger partial charge in [0.05, 0.1) is 31.5 Å². The van der Waals surface area contributed by atoms with Gasteiger partial charge in [0, 0.05) is 6.54 Å². The molecule has 2 aromatic rings. The third-order valence-electron chi connectivity index (χ3n) is 3.70. The molecule has 0 bridgehead atoms. The molecule has 0 spiro atoms. The molecule has 144 valence electrons. The van der Waals surface area contributed by atoms with Crippen LogP contribution in [0.1, 0.15) is 11.1 Å². The highest BCUT2D eigenvalue weighted by Gasteiger charge is 2.33. The molecule has 0 heterocycles. The molecule has 0 aliphatic carbocycles. The molecule has 0 atom stereocenters. The number of carbonyl (C=O) groups excluding carboxylic acids is 2. The molecule has 0 aliphatic rings. The minimum atomic E-state index is -4.58. The molecular formula is C19H19F3N2O3. The van der Waals surface area contributed by atoms with Gasteiger partial charge in [-0.1, -0.05) is 42.5 Å². The summed E-state index contributed by atoms with van der Waals surface area (Å²) in [7, 11) is 1.22. The number of esters is 1. The Balaban J connectivity index is 2.10. The van der Waals surface area contributed by atoms with Crippen molar-refractivity contribution in [3.8, 4) is 0 Å². The molecule has 5 nitrogen and oxygen atoms in total. The van der Waals surface area contributed by atoms with Gasteiger partial charge >= 0.3 is 12.1 Å². The van der Waals surface area contributed by atoms with E-state index in [1.807, 2.05) is 30.3 Å². The van der Waals surface area contributed by atoms with Crippen LogP contribution in [0, 0.1) is 0 Å². The van der Waals surface area contributed by atoms with E-state index < -0.39 is 23.6 Å². The number of methoxy groups -OCH3 is 1. The number of nitrogens with one attached hydrogen (secondary N) is 1. The van der Waals surface area contributed by atoms with Gasteiger partial charge in [-0.15, -0.1) is 0 Å². The molecule has 0 saturated carbocycles. The van der Waals surface area contributed by atoms with Gasteiger partial charge in [-0.2, -0.15) is 13.2 Å². The number of rotatable bonds is 7. The van der Waals surface area contributed by atoms with E-state index in [1.165, 1.54) is 30.2 Å². The second-order valence-corrected chi connectivity index (χ2v) is 5.80. The topological polar surface area (TPSA) is 58.6 Å². The summed E-state index contributed by atoms with van der Waals surface area (Å²) in [4.78, 5) is 25.4. The molecule has 0 saturated heterocycles. The van der Waals surface area contributed by atoms with Crippen molar-refractivity contribution in [2.24, 2.45) is 0 Å². The molecular weight excluding hydrogens is 361 g/mol. The van der Waals surface area contributed by atoms with Crippen LogP contribution in [0.15, 0.2) is 54.6 Å². The first-order chi connectivity index (χ1) is 12.8. The quantitative estimate of drug-likeness (QED) is 0.749. The van der Waals surface area contributed by atoms with E-state index in [9.17, 15) is 22.8 Å². The van der Waals surface area contributed by atoms with E-state index in [1.54, 1.807) is 0 Å². The van der Waals surface area contributed by atoms with Crippen molar-refractivity contribution >= 4 is 17.6 Å². The van der Waals surface area contributed by atoms with E-state index in [2.05, 4.69) is 10.1 Å². The molecule has 2 aromatic carbocycles. The molecule has 1 amide bonds. The van der Waals surface area contributed by atoms with Crippen molar-refractivity contribution < 1.29 is 27.5 Å². The summed E-state index contributed by atoms with van der Waals surface area (Å²) in [6, 6.07) is 13.8. The molecule has 27 heavy (non-hydrogen) atoms. The SMILES string of the molecule is COC(=O)CN(CC(=O)Nc1ccccc1C(F)(F)F)Cc1ccccc1. The Morgan fingerprint density at radius 1 is 1.00 bits per heavy atom. The van der Waals surface area contributed by atoms with E-state index in [0.717, 1.165) is 11.6 Å². The molecule has 0 aromatic heterocycles. The van der Waals surface area contributed by atoms with Gasteiger partial charge in [0.25, 0.3) is 0 Å². The fraction of sp³-hybridized carbons (Fsp3) is 0.263. The van der Waals surface area contributed by atoms with Crippen LogP contribution in [-0.2, 0) is 27.0 Å². The highest BCUT2D eigenvalue weighted by Crippen LogP contribution is 2.34. The normalized spacial score (nSPS) is 11.3. The van der Waals surface area contributed by atoms with E-state index in [4.69, 9.17) is 0 Å². The van der Waals surface area contributed by atoms with Crippen molar-refractivity contribution in [1.82, 2.24) is 4.90 Å². The number of hydrogen-bond acceptors (Lipinski definition) is 4. The zero-order chi connectivity index (χ0) is 19.9. The molecule has 0 fully saturated rings. The summed E-state index contributed by atoms with van der Waals surface area (Å²) in [6.07, 6.45) is -4.58. The number of benzene rings is 2. The predicted octanol–water partition coefficient (Wildman–Crippen LogP) is 3.32. The van der Waals surface area contributed by atoms with Crippen LogP contribution in [0.3, 0.4) is 0 Å². The number of anilines is 1. The van der Waals surface area contributed by atoms with Gasteiger partial charge in [0.15, 0.2) is 0 Å². The third kappa shape index (κ3) is 6.41. The molecule has 0 radical (unpaired) electrons. The van der Waals surface area contributed by atoms with Crippen molar-refractivity contribution in [2.45, 2.75) is 12.7 Å². The van der Waals surface area contributed by atoms with E-state index in [-0.39, 0.29) is 25.3 Å². The number of amides is 1. The summed E-state index contributed by atoms with van der Waals surface area (Å²) in [5.74, 6) is -1.21. The lowest BCUT2D eigenvalue weighted by Crippen LogP contribution is -2.37. The number of nitrogens with zero attached hydrogens (tertiary/aromatic N) is 1. The number of alkyl halides is 3. The largest absolute Gasteiger partial charge is 0.468 e. The number of para-hydroxylation sites is 1. The van der Waals surface area contributed by atoms with Crippen LogP contribution in [0.2, 0.25) is 0 Å². The van der Waals surface area contributed by atoms with Crippen LogP contribution < -0.4 is 5.32 Å². The summed E-state index contributed by atoms with van der Waals surface area (Å²) in [5, 5.41) is 2.27. The predicted molar refractivity (Wildman–Crippen MR) is 93.8 cm³/mol. The number of carbonyl (C=O) groups is 2. The van der Waals surface area contributed by atoms with Gasteiger partial charge in [-0.25, -0.2) is 0 Å². The lowest BCUT2D eigenvalue weighted by Gasteiger charge is -2.21. The molecule has 2 rings (SSSR count). The maximum atomic E-state index is 13.0. The first-order valence-electron chi connectivity index (χ1n) is 8.08. The first kappa shape index (κ1) is 20.4. The summed E-state index contributed by atoms with van der Waals surface area (Å²) in [6.45, 7) is -0.166. The molecule has 8 heteroatoms. The van der Waals surface area contributed by atoms with Gasteiger partial charge < -0.3 is 10.1 Å². The average Bonchev–Trinajstić information content (AvgIpc) is 2.61. The zero-order valence-electron chi connectivity index (χ0n) is 14.6. The van der Waals surface area contributed by atoms with Crippen molar-refractivity contribution in [2.75, 3.05) is 25.5 Å². The maximum Gasteiger partial charge on any atom is 0.418 e. The van der Waals surface area contributed by atoms with Crippen LogP contribution >= 0.6 is 0 Å². The standard InChI is InChI=1S/C19H19F3N2O3/c1-27-18(26)13-24(11-14-7-3-2-4-8-14)12-17(25)23-16-10-6-5-9-15(16)19(20,21)22/h2-10H,11-13H2,1H3,(H,23,25). The summed E-state index contributed by atoms with van der Waals surface area (Å²) < 4.78 is 43.8. The van der Waals surface area contributed by atoms with Crippen molar-refractivity contribution in [1.29, 1.82) is 0 Å². The maximum absolute atomic E-state index is 13.0. The fourth-order valence-corrected chi connectivity index (χ4v) is 2.49. The summed E-state index contributed by atoms with van der Waals surface area (Å²) >= 11 is 0. The van der Waals surface area contributed by atoms with Gasteiger partial charge in [-0.05, 0) is 17.7 Å². The second-order valence-electron chi connectivity index (χ2n) is 5.80. The Morgan fingerprint density at radius 3 is 2.26 bits per heavy atom. The minimum absolute atomic E-state index is 0.167. The monoisotopic (exact) mass is 380 g/mol. The number of hydrogen-bond donors (Lipinski definition) is 1. The van der Waals surface area contributed by atoms with E-state index in [0.29, 0.717) is 0 Å². The smallest absolute Gasteiger partial charge is 0.418 e.